The van der Waals surface area contributed by atoms with Gasteiger partial charge < -0.3 is 0 Å². The summed E-state index contributed by atoms with van der Waals surface area (Å²) in [6.45, 7) is 4.34. The topological polar surface area (TPSA) is 29.4 Å². The van der Waals surface area contributed by atoms with Gasteiger partial charge in [-0.05, 0) is 36.5 Å². The van der Waals surface area contributed by atoms with Gasteiger partial charge in [-0.2, -0.15) is 4.99 Å². The van der Waals surface area contributed by atoms with Crippen LogP contribution in [0.2, 0.25) is 0 Å². The van der Waals surface area contributed by atoms with Gasteiger partial charge in [-0.3, -0.25) is 0 Å². The molecule has 0 spiro atoms. The Morgan fingerprint density at radius 3 is 3.00 bits per heavy atom. The predicted molar refractivity (Wildman–Crippen MR) is 56.2 cm³/mol. The third-order valence-corrected chi connectivity index (χ3v) is 2.05. The molecular formula is C12H14NO. The molecule has 0 fully saturated rings. The highest BCUT2D eigenvalue weighted by Gasteiger charge is 2.02. The maximum atomic E-state index is 10.2. The molecule has 2 nitrogen and oxygen atoms in total. The van der Waals surface area contributed by atoms with Gasteiger partial charge in [0.05, 0.1) is 5.69 Å². The Kier molecular flexibility index (Phi) is 4.09. The van der Waals surface area contributed by atoms with Crippen molar-refractivity contribution in [1.29, 1.82) is 0 Å². The van der Waals surface area contributed by atoms with E-state index >= 15 is 0 Å². The highest BCUT2D eigenvalue weighted by molar-refractivity contribution is 5.53. The summed E-state index contributed by atoms with van der Waals surface area (Å²) in [5.74, 6) is 0.650. The fraction of sp³-hybridized carbons (Fsp3) is 0.417. The van der Waals surface area contributed by atoms with E-state index in [0.29, 0.717) is 11.6 Å². The standard InChI is InChI=1S/C12H14NO/c1-10(2)7-8-11-5-3-4-6-12(11)13-9-14/h3-4,6,10H,7-8H2,1-2H3. The van der Waals surface area contributed by atoms with Gasteiger partial charge in [-0.1, -0.05) is 26.0 Å². The van der Waals surface area contributed by atoms with Crippen LogP contribution in [0.4, 0.5) is 5.69 Å². The van der Waals surface area contributed by atoms with Crippen LogP contribution in [0.1, 0.15) is 25.8 Å². The van der Waals surface area contributed by atoms with Crippen LogP contribution in [0.3, 0.4) is 0 Å². The lowest BCUT2D eigenvalue weighted by molar-refractivity contribution is 0.565. The molecule has 0 saturated carbocycles. The molecule has 1 radical (unpaired) electrons. The number of hydrogen-bond donors (Lipinski definition) is 0. The Morgan fingerprint density at radius 1 is 1.57 bits per heavy atom. The average Bonchev–Trinajstić information content (AvgIpc) is 2.17. The minimum absolute atomic E-state index is 0.650. The van der Waals surface area contributed by atoms with Gasteiger partial charge >= 0.3 is 0 Å². The second kappa shape index (κ2) is 5.36. The Labute approximate surface area is 84.7 Å². The maximum absolute atomic E-state index is 10.2. The van der Waals surface area contributed by atoms with Crippen molar-refractivity contribution in [3.8, 4) is 0 Å². The van der Waals surface area contributed by atoms with Gasteiger partial charge in [0, 0.05) is 0 Å². The number of carbonyl (C=O) groups excluding carboxylic acids is 1. The SMILES string of the molecule is CC(C)CCc1[c]cccc1N=C=O. The fourth-order valence-corrected chi connectivity index (χ4v) is 1.25. The van der Waals surface area contributed by atoms with Crippen molar-refractivity contribution < 1.29 is 4.79 Å². The molecule has 73 valence electrons. The lowest BCUT2D eigenvalue weighted by atomic mass is 10.0. The van der Waals surface area contributed by atoms with E-state index in [1.54, 1.807) is 6.08 Å². The number of aryl methyl sites for hydroxylation is 1. The molecule has 0 heterocycles. The van der Waals surface area contributed by atoms with Crippen LogP contribution in [-0.4, -0.2) is 6.08 Å². The first-order chi connectivity index (χ1) is 6.74. The van der Waals surface area contributed by atoms with Gasteiger partial charge in [0.1, 0.15) is 0 Å². The summed E-state index contributed by atoms with van der Waals surface area (Å²) in [6.07, 6.45) is 3.57. The second-order valence-corrected chi connectivity index (χ2v) is 3.67. The van der Waals surface area contributed by atoms with Gasteiger partial charge in [-0.15, -0.1) is 0 Å². The molecular weight excluding hydrogens is 174 g/mol. The largest absolute Gasteiger partial charge is 0.240 e. The normalized spacial score (nSPS) is 9.93. The number of nitrogens with zero attached hydrogens (tertiary/aromatic N) is 1. The summed E-state index contributed by atoms with van der Waals surface area (Å²) in [7, 11) is 0. The zero-order valence-corrected chi connectivity index (χ0v) is 8.58. The van der Waals surface area contributed by atoms with Crippen molar-refractivity contribution in [1.82, 2.24) is 0 Å². The summed E-state index contributed by atoms with van der Waals surface area (Å²) in [4.78, 5) is 13.8. The molecule has 0 amide bonds. The number of aliphatic imine (C=N–C) groups is 1. The van der Waals surface area contributed by atoms with E-state index in [2.05, 4.69) is 24.9 Å². The highest BCUT2D eigenvalue weighted by atomic mass is 16.1. The van der Waals surface area contributed by atoms with Gasteiger partial charge in [0.25, 0.3) is 0 Å². The predicted octanol–water partition coefficient (Wildman–Crippen LogP) is 3.04. The molecule has 14 heavy (non-hydrogen) atoms. The Hall–Kier alpha value is -1.40. The van der Waals surface area contributed by atoms with Crippen molar-refractivity contribution in [2.45, 2.75) is 26.7 Å². The van der Waals surface area contributed by atoms with E-state index in [-0.39, 0.29) is 0 Å². The lowest BCUT2D eigenvalue weighted by Gasteiger charge is -2.05. The molecule has 0 aliphatic rings. The molecule has 0 saturated heterocycles. The van der Waals surface area contributed by atoms with Crippen LogP contribution in [0, 0.1) is 12.0 Å². The van der Waals surface area contributed by atoms with E-state index in [0.717, 1.165) is 18.4 Å². The zero-order valence-electron chi connectivity index (χ0n) is 8.58. The minimum Gasteiger partial charge on any atom is -0.211 e. The Balaban J connectivity index is 2.79. The molecule has 0 unspecified atom stereocenters. The van der Waals surface area contributed by atoms with Crippen LogP contribution in [0.15, 0.2) is 23.2 Å². The molecule has 1 aromatic rings. The zero-order chi connectivity index (χ0) is 10.4. The molecule has 0 aromatic heterocycles. The number of hydrogen-bond acceptors (Lipinski definition) is 2. The van der Waals surface area contributed by atoms with Crippen LogP contribution in [0.5, 0.6) is 0 Å². The summed E-state index contributed by atoms with van der Waals surface area (Å²) < 4.78 is 0. The first-order valence-corrected chi connectivity index (χ1v) is 4.81. The second-order valence-electron chi connectivity index (χ2n) is 3.67. The molecule has 1 aromatic carbocycles. The molecule has 0 aliphatic carbocycles. The van der Waals surface area contributed by atoms with Crippen LogP contribution in [0.25, 0.3) is 0 Å². The molecule has 1 rings (SSSR count). The lowest BCUT2D eigenvalue weighted by Crippen LogP contribution is -1.92. The molecule has 0 bridgehead atoms. The van der Waals surface area contributed by atoms with E-state index in [4.69, 9.17) is 0 Å². The maximum Gasteiger partial charge on any atom is 0.240 e. The third kappa shape index (κ3) is 3.15. The van der Waals surface area contributed by atoms with E-state index in [9.17, 15) is 4.79 Å². The molecule has 2 heteroatoms. The highest BCUT2D eigenvalue weighted by Crippen LogP contribution is 2.20. The molecule has 0 atom stereocenters. The van der Waals surface area contributed by atoms with Crippen LogP contribution in [-0.2, 0) is 11.2 Å². The number of isocyanates is 1. The monoisotopic (exact) mass is 188 g/mol. The van der Waals surface area contributed by atoms with Crippen molar-refractivity contribution in [2.24, 2.45) is 10.9 Å². The van der Waals surface area contributed by atoms with Crippen LogP contribution < -0.4 is 0 Å². The Morgan fingerprint density at radius 2 is 2.36 bits per heavy atom. The molecule has 0 aliphatic heterocycles. The third-order valence-electron chi connectivity index (χ3n) is 2.05. The first-order valence-electron chi connectivity index (χ1n) is 4.81. The summed E-state index contributed by atoms with van der Waals surface area (Å²) >= 11 is 0. The van der Waals surface area contributed by atoms with Crippen LogP contribution >= 0.6 is 0 Å². The fourth-order valence-electron chi connectivity index (χ4n) is 1.25. The van der Waals surface area contributed by atoms with Gasteiger partial charge in [0.2, 0.25) is 6.08 Å². The first kappa shape index (κ1) is 10.7. The quantitative estimate of drug-likeness (QED) is 0.527. The minimum atomic E-state index is 0.650. The number of rotatable bonds is 4. The average molecular weight is 188 g/mol. The Bertz CT molecular complexity index is 338. The van der Waals surface area contributed by atoms with E-state index in [1.807, 2.05) is 18.2 Å². The van der Waals surface area contributed by atoms with Gasteiger partial charge in [0.15, 0.2) is 0 Å². The summed E-state index contributed by atoms with van der Waals surface area (Å²) in [6, 6.07) is 8.60. The summed E-state index contributed by atoms with van der Waals surface area (Å²) in [5, 5.41) is 0. The van der Waals surface area contributed by atoms with Crippen molar-refractivity contribution in [3.63, 3.8) is 0 Å². The van der Waals surface area contributed by atoms with E-state index < -0.39 is 0 Å². The van der Waals surface area contributed by atoms with E-state index in [1.165, 1.54) is 0 Å². The molecule has 0 N–H and O–H groups in total. The van der Waals surface area contributed by atoms with Crippen molar-refractivity contribution in [3.05, 3.63) is 29.8 Å². The van der Waals surface area contributed by atoms with Crippen molar-refractivity contribution >= 4 is 11.8 Å². The smallest absolute Gasteiger partial charge is 0.211 e. The van der Waals surface area contributed by atoms with Gasteiger partial charge in [-0.25, -0.2) is 4.79 Å². The van der Waals surface area contributed by atoms with Crippen molar-refractivity contribution in [2.75, 3.05) is 0 Å². The number of benzene rings is 1. The summed E-state index contributed by atoms with van der Waals surface area (Å²) in [5.41, 5.74) is 1.70.